The van der Waals surface area contributed by atoms with Crippen LogP contribution in [0, 0.1) is 0 Å². The number of rotatable bonds is 4. The van der Waals surface area contributed by atoms with E-state index in [1.165, 1.54) is 6.20 Å². The van der Waals surface area contributed by atoms with Gasteiger partial charge in [0.2, 0.25) is 0 Å². The molecule has 0 unspecified atom stereocenters. The van der Waals surface area contributed by atoms with Gasteiger partial charge >= 0.3 is 12.2 Å². The Morgan fingerprint density at radius 3 is 2.79 bits per heavy atom. The summed E-state index contributed by atoms with van der Waals surface area (Å²) in [4.78, 5) is 18.0. The number of nitrogens with zero attached hydrogens (tertiary/aromatic N) is 6. The van der Waals surface area contributed by atoms with Crippen LogP contribution in [-0.4, -0.2) is 55.1 Å². The second-order valence-electron chi connectivity index (χ2n) is 8.61. The number of hydrogen-bond donors (Lipinski definition) is 2. The van der Waals surface area contributed by atoms with E-state index >= 15 is 0 Å². The minimum absolute atomic E-state index is 0.126. The van der Waals surface area contributed by atoms with Gasteiger partial charge < -0.3 is 16.0 Å². The standard InChI is InChI=1S/C21H23F3N8O/c1-30-14(3-6-28-30)2-5-26-19(33)31-11-20(12-31)4-7-32-17(20)9-16(29-32)13-8-15(21(22,23)24)18(25)27-10-13/h3,6,8-10H,2,4-5,7,11-12H2,1H3,(H2,25,27)(H,26,33). The maximum absolute atomic E-state index is 13.2. The highest BCUT2D eigenvalue weighted by molar-refractivity contribution is 5.76. The van der Waals surface area contributed by atoms with Crippen molar-refractivity contribution in [2.75, 3.05) is 25.4 Å². The van der Waals surface area contributed by atoms with Crippen LogP contribution in [0.1, 0.15) is 23.4 Å². The number of halogens is 3. The van der Waals surface area contributed by atoms with E-state index in [1.54, 1.807) is 21.8 Å². The number of hydrogen-bond acceptors (Lipinski definition) is 5. The molecule has 33 heavy (non-hydrogen) atoms. The van der Waals surface area contributed by atoms with Crippen molar-refractivity contribution >= 4 is 11.8 Å². The molecule has 1 spiro atoms. The molecule has 2 amide bonds. The van der Waals surface area contributed by atoms with Crippen LogP contribution in [0.4, 0.5) is 23.8 Å². The number of nitrogens with two attached hydrogens (primary N) is 1. The van der Waals surface area contributed by atoms with Gasteiger partial charge in [0.1, 0.15) is 5.82 Å². The number of likely N-dealkylation sites (tertiary alicyclic amines) is 1. The van der Waals surface area contributed by atoms with Crippen molar-refractivity contribution in [1.82, 2.24) is 34.8 Å². The molecular formula is C21H23F3N8O. The van der Waals surface area contributed by atoms with E-state index in [9.17, 15) is 18.0 Å². The number of aryl methyl sites for hydroxylation is 2. The van der Waals surface area contributed by atoms with E-state index in [0.717, 1.165) is 23.9 Å². The third kappa shape index (κ3) is 3.68. The highest BCUT2D eigenvalue weighted by Crippen LogP contribution is 2.44. The Hall–Kier alpha value is -3.57. The lowest BCUT2D eigenvalue weighted by molar-refractivity contribution is -0.137. The van der Waals surface area contributed by atoms with E-state index in [2.05, 4.69) is 20.5 Å². The Morgan fingerprint density at radius 1 is 1.30 bits per heavy atom. The summed E-state index contributed by atoms with van der Waals surface area (Å²) in [5, 5.41) is 11.5. The van der Waals surface area contributed by atoms with Crippen molar-refractivity contribution < 1.29 is 18.0 Å². The smallest absolute Gasteiger partial charge is 0.383 e. The number of amides is 2. The molecule has 2 aliphatic heterocycles. The number of anilines is 1. The van der Waals surface area contributed by atoms with Crippen molar-refractivity contribution in [3.05, 3.63) is 47.5 Å². The molecule has 0 atom stereocenters. The maximum Gasteiger partial charge on any atom is 0.419 e. The lowest BCUT2D eigenvalue weighted by atomic mass is 9.76. The van der Waals surface area contributed by atoms with Crippen LogP contribution in [-0.2, 0) is 31.6 Å². The summed E-state index contributed by atoms with van der Waals surface area (Å²) in [7, 11) is 1.86. The van der Waals surface area contributed by atoms with Gasteiger partial charge in [0.25, 0.3) is 0 Å². The molecule has 174 valence electrons. The Balaban J connectivity index is 1.25. The van der Waals surface area contributed by atoms with Gasteiger partial charge in [-0.1, -0.05) is 0 Å². The summed E-state index contributed by atoms with van der Waals surface area (Å²) < 4.78 is 43.2. The summed E-state index contributed by atoms with van der Waals surface area (Å²) in [6.45, 7) is 2.25. The highest BCUT2D eigenvalue weighted by Gasteiger charge is 2.51. The number of urea groups is 1. The third-order valence-corrected chi connectivity index (χ3v) is 6.50. The highest BCUT2D eigenvalue weighted by atomic mass is 19.4. The predicted molar refractivity (Wildman–Crippen MR) is 113 cm³/mol. The summed E-state index contributed by atoms with van der Waals surface area (Å²) in [6, 6.07) is 4.57. The fraction of sp³-hybridized carbons (Fsp3) is 0.429. The van der Waals surface area contributed by atoms with Gasteiger partial charge in [-0.15, -0.1) is 0 Å². The molecule has 0 radical (unpaired) electrons. The molecule has 0 aromatic carbocycles. The van der Waals surface area contributed by atoms with Gasteiger partial charge in [0, 0.05) is 74.4 Å². The van der Waals surface area contributed by atoms with Crippen molar-refractivity contribution in [3.63, 3.8) is 0 Å². The van der Waals surface area contributed by atoms with Crippen LogP contribution in [0.2, 0.25) is 0 Å². The van der Waals surface area contributed by atoms with Gasteiger partial charge in [-0.05, 0) is 24.6 Å². The van der Waals surface area contributed by atoms with Crippen molar-refractivity contribution in [1.29, 1.82) is 0 Å². The third-order valence-electron chi connectivity index (χ3n) is 6.50. The van der Waals surface area contributed by atoms with E-state index < -0.39 is 17.6 Å². The molecule has 1 fully saturated rings. The van der Waals surface area contributed by atoms with Crippen LogP contribution < -0.4 is 11.1 Å². The first-order valence-electron chi connectivity index (χ1n) is 10.6. The lowest BCUT2D eigenvalue weighted by Gasteiger charge is -2.47. The van der Waals surface area contributed by atoms with Gasteiger partial charge in [0.05, 0.1) is 11.3 Å². The molecule has 0 aliphatic carbocycles. The fourth-order valence-electron chi connectivity index (χ4n) is 4.65. The molecule has 2 aliphatic rings. The minimum atomic E-state index is -4.59. The second-order valence-corrected chi connectivity index (χ2v) is 8.61. The largest absolute Gasteiger partial charge is 0.419 e. The van der Waals surface area contributed by atoms with Crippen LogP contribution in [0.5, 0.6) is 0 Å². The summed E-state index contributed by atoms with van der Waals surface area (Å²) in [5.41, 5.74) is 6.86. The molecule has 0 bridgehead atoms. The minimum Gasteiger partial charge on any atom is -0.383 e. The Morgan fingerprint density at radius 2 is 2.09 bits per heavy atom. The first kappa shape index (κ1) is 21.3. The number of carbonyl (C=O) groups excluding carboxylic acids is 1. The van der Waals surface area contributed by atoms with Crippen molar-refractivity contribution in [3.8, 4) is 11.3 Å². The van der Waals surface area contributed by atoms with E-state index in [1.807, 2.05) is 17.8 Å². The lowest BCUT2D eigenvalue weighted by Crippen LogP contribution is -2.62. The first-order chi connectivity index (χ1) is 15.7. The number of carbonyl (C=O) groups is 1. The monoisotopic (exact) mass is 460 g/mol. The molecular weight excluding hydrogens is 437 g/mol. The van der Waals surface area contributed by atoms with Gasteiger partial charge in [0.15, 0.2) is 0 Å². The summed E-state index contributed by atoms with van der Waals surface area (Å²) in [6.07, 6.45) is -0.0409. The van der Waals surface area contributed by atoms with Crippen molar-refractivity contribution in [2.24, 2.45) is 7.05 Å². The molecule has 5 heterocycles. The predicted octanol–water partition coefficient (Wildman–Crippen LogP) is 2.19. The Labute approximate surface area is 187 Å². The number of aromatic nitrogens is 5. The van der Waals surface area contributed by atoms with Gasteiger partial charge in [-0.25, -0.2) is 9.78 Å². The van der Waals surface area contributed by atoms with E-state index in [-0.39, 0.29) is 17.0 Å². The Bertz CT molecular complexity index is 1210. The maximum atomic E-state index is 13.2. The second kappa shape index (κ2) is 7.49. The van der Waals surface area contributed by atoms with Crippen LogP contribution in [0.25, 0.3) is 11.3 Å². The van der Waals surface area contributed by atoms with Crippen LogP contribution >= 0.6 is 0 Å². The zero-order valence-corrected chi connectivity index (χ0v) is 17.9. The number of nitrogen functional groups attached to an aromatic ring is 1. The normalized spacial score (nSPS) is 16.7. The molecule has 12 heteroatoms. The zero-order valence-electron chi connectivity index (χ0n) is 17.9. The molecule has 3 N–H and O–H groups in total. The van der Waals surface area contributed by atoms with E-state index in [0.29, 0.717) is 38.3 Å². The average Bonchev–Trinajstić information content (AvgIpc) is 3.41. The molecule has 0 saturated carbocycles. The average molecular weight is 460 g/mol. The molecule has 5 rings (SSSR count). The van der Waals surface area contributed by atoms with Crippen molar-refractivity contribution in [2.45, 2.75) is 31.0 Å². The SMILES string of the molecule is Cn1nccc1CCNC(=O)N1CC2(CCn3nc(-c4cnc(N)c(C(F)(F)F)c4)cc32)C1. The first-order valence-corrected chi connectivity index (χ1v) is 10.6. The fourth-order valence-corrected chi connectivity index (χ4v) is 4.65. The molecule has 9 nitrogen and oxygen atoms in total. The number of pyridine rings is 1. The number of alkyl halides is 3. The quantitative estimate of drug-likeness (QED) is 0.621. The summed E-state index contributed by atoms with van der Waals surface area (Å²) >= 11 is 0. The topological polar surface area (TPSA) is 107 Å². The molecule has 3 aromatic rings. The zero-order chi connectivity index (χ0) is 23.4. The summed E-state index contributed by atoms with van der Waals surface area (Å²) in [5.74, 6) is -0.557. The van der Waals surface area contributed by atoms with Crippen LogP contribution in [0.15, 0.2) is 30.6 Å². The Kier molecular flexibility index (Phi) is 4.83. The van der Waals surface area contributed by atoms with Gasteiger partial charge in [-0.3, -0.25) is 9.36 Å². The number of nitrogens with one attached hydrogen (secondary N) is 1. The number of fused-ring (bicyclic) bond motifs is 2. The molecule has 1 saturated heterocycles. The van der Waals surface area contributed by atoms with E-state index in [4.69, 9.17) is 5.73 Å². The van der Waals surface area contributed by atoms with Gasteiger partial charge in [-0.2, -0.15) is 23.4 Å². The molecule has 3 aromatic heterocycles. The van der Waals surface area contributed by atoms with Crippen LogP contribution in [0.3, 0.4) is 0 Å².